The van der Waals surface area contributed by atoms with Crippen LogP contribution in [0.2, 0.25) is 0 Å². The van der Waals surface area contributed by atoms with Crippen LogP contribution in [-0.2, 0) is 19.6 Å². The lowest BCUT2D eigenvalue weighted by molar-refractivity contribution is -0.119. The molecule has 0 aliphatic rings. The molecule has 1 aromatic carbocycles. The summed E-state index contributed by atoms with van der Waals surface area (Å²) in [6.07, 6.45) is 0.966. The maximum Gasteiger partial charge on any atom is 0.340 e. The Kier molecular flexibility index (Phi) is 4.72. The molecule has 0 spiro atoms. The van der Waals surface area contributed by atoms with Crippen molar-refractivity contribution in [1.29, 1.82) is 0 Å². The van der Waals surface area contributed by atoms with E-state index in [9.17, 15) is 18.0 Å². The monoisotopic (exact) mass is 300 g/mol. The van der Waals surface area contributed by atoms with Crippen LogP contribution in [0, 0.1) is 0 Å². The summed E-state index contributed by atoms with van der Waals surface area (Å²) >= 11 is 0. The van der Waals surface area contributed by atoms with Crippen LogP contribution >= 0.6 is 0 Å². The molecule has 0 heterocycles. The number of hydrogen-bond donors (Lipinski definition) is 2. The van der Waals surface area contributed by atoms with Gasteiger partial charge < -0.3 is 10.5 Å². The molecule has 1 unspecified atom stereocenters. The Labute approximate surface area is 117 Å². The summed E-state index contributed by atoms with van der Waals surface area (Å²) in [5.74, 6) is -1.87. The van der Waals surface area contributed by atoms with Crippen molar-refractivity contribution in [3.8, 4) is 0 Å². The van der Waals surface area contributed by atoms with Gasteiger partial charge in [-0.25, -0.2) is 13.2 Å². The van der Waals surface area contributed by atoms with Crippen molar-refractivity contribution in [2.45, 2.75) is 12.8 Å². The Morgan fingerprint density at radius 1 is 1.35 bits per heavy atom. The molecular formula is C12H16N2O5S. The third kappa shape index (κ3) is 3.95. The van der Waals surface area contributed by atoms with Crippen LogP contribution in [0.15, 0.2) is 18.2 Å². The van der Waals surface area contributed by atoms with Gasteiger partial charge in [0.15, 0.2) is 0 Å². The number of hydrogen-bond acceptors (Lipinski definition) is 5. The fraction of sp³-hybridized carbons (Fsp3) is 0.333. The van der Waals surface area contributed by atoms with Crippen LogP contribution in [0.1, 0.15) is 28.8 Å². The Balaban J connectivity index is 3.34. The fourth-order valence-corrected chi connectivity index (χ4v) is 2.14. The van der Waals surface area contributed by atoms with E-state index in [2.05, 4.69) is 9.46 Å². The zero-order valence-corrected chi connectivity index (χ0v) is 12.2. The van der Waals surface area contributed by atoms with E-state index in [4.69, 9.17) is 5.73 Å². The number of methoxy groups -OCH3 is 1. The minimum Gasteiger partial charge on any atom is -0.465 e. The number of carbonyl (C=O) groups is 2. The molecule has 0 saturated carbocycles. The van der Waals surface area contributed by atoms with Gasteiger partial charge in [-0.2, -0.15) is 0 Å². The van der Waals surface area contributed by atoms with Crippen LogP contribution in [0.5, 0.6) is 0 Å². The summed E-state index contributed by atoms with van der Waals surface area (Å²) in [4.78, 5) is 22.9. The molecule has 1 amide bonds. The van der Waals surface area contributed by atoms with Crippen molar-refractivity contribution in [2.24, 2.45) is 5.73 Å². The van der Waals surface area contributed by atoms with Gasteiger partial charge in [0.25, 0.3) is 0 Å². The molecule has 0 radical (unpaired) electrons. The standard InChI is InChI=1S/C12H16N2O5S/c1-7(11(13)15)8-4-5-10(14-20(3,17)18)9(6-8)12(16)19-2/h4-7,14H,1-3H3,(H2,13,15). The van der Waals surface area contributed by atoms with Gasteiger partial charge in [-0.15, -0.1) is 0 Å². The number of ether oxygens (including phenoxy) is 1. The highest BCUT2D eigenvalue weighted by molar-refractivity contribution is 7.92. The third-order valence-corrected chi connectivity index (χ3v) is 3.26. The van der Waals surface area contributed by atoms with E-state index in [-0.39, 0.29) is 11.3 Å². The first kappa shape index (κ1) is 16.0. The largest absolute Gasteiger partial charge is 0.465 e. The second kappa shape index (κ2) is 5.91. The van der Waals surface area contributed by atoms with Crippen LogP contribution in [-0.4, -0.2) is 33.7 Å². The zero-order chi connectivity index (χ0) is 15.5. The Bertz CT molecular complexity index is 639. The first-order chi connectivity index (χ1) is 9.15. The molecule has 110 valence electrons. The van der Waals surface area contributed by atoms with E-state index in [1.54, 1.807) is 6.92 Å². The van der Waals surface area contributed by atoms with Gasteiger partial charge >= 0.3 is 5.97 Å². The van der Waals surface area contributed by atoms with E-state index in [1.165, 1.54) is 25.3 Å². The highest BCUT2D eigenvalue weighted by Crippen LogP contribution is 2.24. The predicted octanol–water partition coefficient (Wildman–Crippen LogP) is 0.433. The third-order valence-electron chi connectivity index (χ3n) is 2.67. The van der Waals surface area contributed by atoms with Gasteiger partial charge in [-0.3, -0.25) is 9.52 Å². The molecule has 1 atom stereocenters. The van der Waals surface area contributed by atoms with Gasteiger partial charge in [0.1, 0.15) is 0 Å². The van der Waals surface area contributed by atoms with Crippen molar-refractivity contribution in [3.05, 3.63) is 29.3 Å². The second-order valence-electron chi connectivity index (χ2n) is 4.29. The normalized spacial score (nSPS) is 12.6. The highest BCUT2D eigenvalue weighted by atomic mass is 32.2. The number of rotatable bonds is 5. The summed E-state index contributed by atoms with van der Waals surface area (Å²) < 4.78 is 29.3. The molecule has 0 saturated heterocycles. The number of benzene rings is 1. The lowest BCUT2D eigenvalue weighted by Crippen LogP contribution is -2.20. The van der Waals surface area contributed by atoms with Gasteiger partial charge in [-0.1, -0.05) is 6.07 Å². The maximum atomic E-state index is 11.7. The molecule has 0 bridgehead atoms. The zero-order valence-electron chi connectivity index (χ0n) is 11.3. The average molecular weight is 300 g/mol. The number of carbonyl (C=O) groups excluding carboxylic acids is 2. The summed E-state index contributed by atoms with van der Waals surface area (Å²) in [7, 11) is -2.36. The minimum absolute atomic E-state index is 0.0172. The molecule has 8 heteroatoms. The number of nitrogens with two attached hydrogens (primary N) is 1. The smallest absolute Gasteiger partial charge is 0.340 e. The Morgan fingerprint density at radius 2 is 1.95 bits per heavy atom. The van der Waals surface area contributed by atoms with Crippen LogP contribution < -0.4 is 10.5 Å². The molecular weight excluding hydrogens is 284 g/mol. The first-order valence-electron chi connectivity index (χ1n) is 5.65. The number of primary amides is 1. The highest BCUT2D eigenvalue weighted by Gasteiger charge is 2.19. The average Bonchev–Trinajstić information content (AvgIpc) is 2.35. The van der Waals surface area contributed by atoms with Crippen molar-refractivity contribution < 1.29 is 22.7 Å². The second-order valence-corrected chi connectivity index (χ2v) is 6.04. The summed E-state index contributed by atoms with van der Waals surface area (Å²) in [6.45, 7) is 1.59. The SMILES string of the molecule is COC(=O)c1cc(C(C)C(N)=O)ccc1NS(C)(=O)=O. The van der Waals surface area contributed by atoms with Crippen molar-refractivity contribution in [3.63, 3.8) is 0 Å². The molecule has 0 aliphatic heterocycles. The van der Waals surface area contributed by atoms with Crippen LogP contribution in [0.4, 0.5) is 5.69 Å². The predicted molar refractivity (Wildman–Crippen MR) is 73.9 cm³/mol. The fourth-order valence-electron chi connectivity index (χ4n) is 1.56. The summed E-state index contributed by atoms with van der Waals surface area (Å²) in [5.41, 5.74) is 5.80. The lowest BCUT2D eigenvalue weighted by atomic mass is 9.97. The molecule has 3 N–H and O–H groups in total. The number of esters is 1. The molecule has 20 heavy (non-hydrogen) atoms. The van der Waals surface area contributed by atoms with E-state index in [0.717, 1.165) is 6.26 Å². The Morgan fingerprint density at radius 3 is 2.40 bits per heavy atom. The first-order valence-corrected chi connectivity index (χ1v) is 7.54. The lowest BCUT2D eigenvalue weighted by Gasteiger charge is -2.13. The maximum absolute atomic E-state index is 11.7. The topological polar surface area (TPSA) is 116 Å². The summed E-state index contributed by atoms with van der Waals surface area (Å²) in [6, 6.07) is 4.30. The van der Waals surface area contributed by atoms with E-state index >= 15 is 0 Å². The van der Waals surface area contributed by atoms with Gasteiger partial charge in [0.05, 0.1) is 30.5 Å². The number of amides is 1. The van der Waals surface area contributed by atoms with Crippen LogP contribution in [0.25, 0.3) is 0 Å². The Hall–Kier alpha value is -2.09. The van der Waals surface area contributed by atoms with Crippen molar-refractivity contribution in [1.82, 2.24) is 0 Å². The quantitative estimate of drug-likeness (QED) is 0.765. The van der Waals surface area contributed by atoms with Gasteiger partial charge in [-0.05, 0) is 24.6 Å². The number of sulfonamides is 1. The molecule has 0 aliphatic carbocycles. The van der Waals surface area contributed by atoms with Gasteiger partial charge in [0, 0.05) is 0 Å². The molecule has 0 fully saturated rings. The molecule has 1 rings (SSSR count). The molecule has 1 aromatic rings. The number of nitrogens with one attached hydrogen (secondary N) is 1. The van der Waals surface area contributed by atoms with E-state index in [0.29, 0.717) is 5.56 Å². The minimum atomic E-state index is -3.54. The van der Waals surface area contributed by atoms with Crippen molar-refractivity contribution in [2.75, 3.05) is 18.1 Å². The molecule has 7 nitrogen and oxygen atoms in total. The van der Waals surface area contributed by atoms with E-state index < -0.39 is 27.8 Å². The van der Waals surface area contributed by atoms with Gasteiger partial charge in [0.2, 0.25) is 15.9 Å². The van der Waals surface area contributed by atoms with Crippen LogP contribution in [0.3, 0.4) is 0 Å². The van der Waals surface area contributed by atoms with Crippen molar-refractivity contribution >= 4 is 27.6 Å². The van der Waals surface area contributed by atoms with E-state index in [1.807, 2.05) is 0 Å². The molecule has 0 aromatic heterocycles. The summed E-state index contributed by atoms with van der Waals surface area (Å²) in [5, 5.41) is 0. The number of anilines is 1.